The average Bonchev–Trinajstić information content (AvgIpc) is 2.28. The van der Waals surface area contributed by atoms with Crippen LogP contribution in [-0.2, 0) is 14.3 Å². The van der Waals surface area contributed by atoms with Gasteiger partial charge in [-0.05, 0) is 6.92 Å². The lowest BCUT2D eigenvalue weighted by Crippen LogP contribution is -2.78. The molecule has 8 heteroatoms. The lowest BCUT2D eigenvalue weighted by Gasteiger charge is -2.39. The number of carboxylic acid groups (broad SMARTS) is 1. The Balaban J connectivity index is 2.74. The predicted octanol–water partition coefficient (Wildman–Crippen LogP) is -4.81. The van der Waals surface area contributed by atoms with E-state index in [-0.39, 0.29) is 0 Å². The summed E-state index contributed by atoms with van der Waals surface area (Å²) >= 11 is 0. The minimum absolute atomic E-state index is 0.523. The summed E-state index contributed by atoms with van der Waals surface area (Å²) in [6.45, 7) is 0.717. The molecule has 17 heavy (non-hydrogen) atoms. The van der Waals surface area contributed by atoms with E-state index in [9.17, 15) is 20.1 Å². The maximum Gasteiger partial charge on any atom is 0.211 e. The first-order valence-electron chi connectivity index (χ1n) is 5.20. The predicted molar refractivity (Wildman–Crippen MR) is 50.0 cm³/mol. The molecule has 0 saturated carbocycles. The van der Waals surface area contributed by atoms with Gasteiger partial charge < -0.3 is 40.4 Å². The summed E-state index contributed by atoms with van der Waals surface area (Å²) in [5.74, 6) is -1.44. The van der Waals surface area contributed by atoms with Gasteiger partial charge in [0, 0.05) is 0 Å². The van der Waals surface area contributed by atoms with Crippen molar-refractivity contribution in [2.24, 2.45) is 0 Å². The molecule has 0 unspecified atom stereocenters. The zero-order chi connectivity index (χ0) is 13.2. The van der Waals surface area contributed by atoms with Crippen molar-refractivity contribution >= 4 is 5.97 Å². The van der Waals surface area contributed by atoms with Gasteiger partial charge >= 0.3 is 0 Å². The summed E-state index contributed by atoms with van der Waals surface area (Å²) in [6, 6.07) is -0.866. The second-order valence-corrected chi connectivity index (χ2v) is 3.96. The molecule has 1 aliphatic rings. The van der Waals surface area contributed by atoms with E-state index in [4.69, 9.17) is 14.6 Å². The summed E-state index contributed by atoms with van der Waals surface area (Å²) in [5.41, 5.74) is 3.54. The van der Waals surface area contributed by atoms with Crippen LogP contribution < -0.4 is 10.8 Å². The van der Waals surface area contributed by atoms with Crippen molar-refractivity contribution in [2.45, 2.75) is 43.7 Å². The molecule has 0 aromatic carbocycles. The summed E-state index contributed by atoms with van der Waals surface area (Å²) in [4.78, 5) is 10.5. The average molecular weight is 251 g/mol. The van der Waals surface area contributed by atoms with Gasteiger partial charge in [0.1, 0.15) is 18.3 Å². The van der Waals surface area contributed by atoms with Crippen molar-refractivity contribution in [1.29, 1.82) is 0 Å². The highest BCUT2D eigenvalue weighted by Crippen LogP contribution is 2.21. The molecule has 1 saturated heterocycles. The number of quaternary nitrogens is 1. The monoisotopic (exact) mass is 251 g/mol. The topological polar surface area (TPSA) is 147 Å². The zero-order valence-corrected chi connectivity index (χ0v) is 9.35. The van der Waals surface area contributed by atoms with Gasteiger partial charge in [-0.2, -0.15) is 0 Å². The molecule has 0 aromatic heterocycles. The van der Waals surface area contributed by atoms with Crippen molar-refractivity contribution in [3.05, 3.63) is 0 Å². The van der Waals surface area contributed by atoms with E-state index in [2.05, 4.69) is 5.73 Å². The Morgan fingerprint density at radius 3 is 2.65 bits per heavy atom. The molecule has 1 heterocycles. The van der Waals surface area contributed by atoms with Crippen LogP contribution in [0.3, 0.4) is 0 Å². The fourth-order valence-electron chi connectivity index (χ4n) is 1.61. The van der Waals surface area contributed by atoms with Crippen LogP contribution in [0.5, 0.6) is 0 Å². The summed E-state index contributed by atoms with van der Waals surface area (Å²) < 4.78 is 9.94. The van der Waals surface area contributed by atoms with Crippen molar-refractivity contribution in [3.63, 3.8) is 0 Å². The Hall–Kier alpha value is -0.770. The van der Waals surface area contributed by atoms with E-state index in [0.717, 1.165) is 0 Å². The first-order valence-corrected chi connectivity index (χ1v) is 5.20. The van der Waals surface area contributed by atoms with Crippen molar-refractivity contribution < 1.29 is 40.4 Å². The lowest BCUT2D eigenvalue weighted by atomic mass is 9.97. The van der Waals surface area contributed by atoms with Crippen LogP contribution in [0.2, 0.25) is 0 Å². The number of carbonyl (C=O) groups is 1. The number of rotatable bonds is 4. The largest absolute Gasteiger partial charge is 0.547 e. The lowest BCUT2D eigenvalue weighted by molar-refractivity contribution is -0.501. The van der Waals surface area contributed by atoms with Gasteiger partial charge in [-0.3, -0.25) is 0 Å². The zero-order valence-electron chi connectivity index (χ0n) is 9.35. The maximum absolute atomic E-state index is 10.5. The highest BCUT2D eigenvalue weighted by Gasteiger charge is 2.46. The molecule has 1 fully saturated rings. The third-order valence-electron chi connectivity index (χ3n) is 2.69. The number of aliphatic hydroxyl groups is 3. The number of ether oxygens (including phenoxy) is 2. The molecule has 100 valence electrons. The quantitative estimate of drug-likeness (QED) is 0.392. The molecule has 0 radical (unpaired) electrons. The smallest absolute Gasteiger partial charge is 0.211 e. The van der Waals surface area contributed by atoms with Gasteiger partial charge in [0.25, 0.3) is 0 Å². The molecule has 0 spiro atoms. The number of aliphatic carboxylic acids is 1. The molecule has 0 bridgehead atoms. The van der Waals surface area contributed by atoms with Gasteiger partial charge in [0.05, 0.1) is 18.7 Å². The van der Waals surface area contributed by atoms with Crippen LogP contribution in [0, 0.1) is 0 Å². The van der Waals surface area contributed by atoms with E-state index in [1.165, 1.54) is 6.92 Å². The number of aliphatic hydroxyl groups excluding tert-OH is 3. The minimum Gasteiger partial charge on any atom is -0.547 e. The van der Waals surface area contributed by atoms with Crippen molar-refractivity contribution in [2.75, 3.05) is 6.61 Å². The maximum atomic E-state index is 10.5. The molecule has 1 rings (SSSR count). The van der Waals surface area contributed by atoms with E-state index in [0.29, 0.717) is 0 Å². The third kappa shape index (κ3) is 3.12. The first kappa shape index (κ1) is 14.3. The number of carbonyl (C=O) groups excluding carboxylic acids is 1. The van der Waals surface area contributed by atoms with Crippen molar-refractivity contribution in [3.8, 4) is 0 Å². The minimum atomic E-state index is -1.44. The SMILES string of the molecule is C[C@@H](O[C@@H]1[C@@H]([NH3+])[C@H](O)O[C@H](CO)[C@H]1O)C(=O)[O-]. The van der Waals surface area contributed by atoms with Crippen LogP contribution in [0.15, 0.2) is 0 Å². The van der Waals surface area contributed by atoms with E-state index < -0.39 is 49.3 Å². The second-order valence-electron chi connectivity index (χ2n) is 3.96. The van der Waals surface area contributed by atoms with Crippen molar-refractivity contribution in [1.82, 2.24) is 0 Å². The highest BCUT2D eigenvalue weighted by molar-refractivity contribution is 5.69. The molecule has 0 aliphatic carbocycles. The second kappa shape index (κ2) is 5.71. The Bertz CT molecular complexity index is 274. The molecule has 0 aromatic rings. The third-order valence-corrected chi connectivity index (χ3v) is 2.69. The Labute approximate surface area is 97.6 Å². The van der Waals surface area contributed by atoms with Crippen LogP contribution >= 0.6 is 0 Å². The van der Waals surface area contributed by atoms with Gasteiger partial charge in [0.15, 0.2) is 6.04 Å². The molecular formula is C9H17NO7. The fourth-order valence-corrected chi connectivity index (χ4v) is 1.61. The number of hydrogen-bond acceptors (Lipinski definition) is 7. The summed E-state index contributed by atoms with van der Waals surface area (Å²) in [6.07, 6.45) is -5.96. The molecule has 1 aliphatic heterocycles. The van der Waals surface area contributed by atoms with E-state index >= 15 is 0 Å². The Morgan fingerprint density at radius 2 is 2.18 bits per heavy atom. The molecule has 6 atom stereocenters. The van der Waals surface area contributed by atoms with E-state index in [1.54, 1.807) is 0 Å². The van der Waals surface area contributed by atoms with Gasteiger partial charge in [-0.25, -0.2) is 0 Å². The Kier molecular flexibility index (Phi) is 4.80. The molecule has 6 N–H and O–H groups in total. The van der Waals surface area contributed by atoms with Crippen LogP contribution in [0.4, 0.5) is 0 Å². The number of hydrogen-bond donors (Lipinski definition) is 4. The normalized spacial score (nSPS) is 39.9. The van der Waals surface area contributed by atoms with Gasteiger partial charge in [-0.1, -0.05) is 0 Å². The fraction of sp³-hybridized carbons (Fsp3) is 0.889. The van der Waals surface area contributed by atoms with Gasteiger partial charge in [0.2, 0.25) is 6.29 Å². The summed E-state index contributed by atoms with van der Waals surface area (Å²) in [5, 5.41) is 38.7. The number of carboxylic acids is 1. The Morgan fingerprint density at radius 1 is 1.59 bits per heavy atom. The molecule has 8 nitrogen and oxygen atoms in total. The van der Waals surface area contributed by atoms with Gasteiger partial charge in [-0.15, -0.1) is 0 Å². The standard InChI is InChI=1S/C9H17NO7/c1-3(8(13)14)16-7-5(10)9(15)17-4(2-11)6(7)12/h3-7,9,11-12,15H,2,10H2,1H3,(H,13,14)/t3-,4-,5-,6-,7-,9-/m1/s1. The summed E-state index contributed by atoms with van der Waals surface area (Å²) in [7, 11) is 0. The highest BCUT2D eigenvalue weighted by atomic mass is 16.6. The van der Waals surface area contributed by atoms with E-state index in [1.807, 2.05) is 0 Å². The molecule has 0 amide bonds. The van der Waals surface area contributed by atoms with Crippen LogP contribution in [0.1, 0.15) is 6.92 Å². The van der Waals surface area contributed by atoms with Crippen LogP contribution in [0.25, 0.3) is 0 Å². The van der Waals surface area contributed by atoms with Crippen LogP contribution in [-0.4, -0.2) is 64.6 Å². The molecular weight excluding hydrogens is 234 g/mol. The first-order chi connectivity index (χ1) is 7.88.